The zero-order valence-corrected chi connectivity index (χ0v) is 25.6. The molecule has 1 amide bonds. The molecule has 44 heavy (non-hydrogen) atoms. The van der Waals surface area contributed by atoms with Crippen LogP contribution < -0.4 is 5.32 Å². The minimum atomic E-state index is -0.844. The summed E-state index contributed by atoms with van der Waals surface area (Å²) in [7, 11) is 0. The van der Waals surface area contributed by atoms with Crippen LogP contribution in [0.3, 0.4) is 0 Å². The maximum Gasteiger partial charge on any atom is 0.303 e. The highest BCUT2D eigenvalue weighted by Crippen LogP contribution is 2.38. The van der Waals surface area contributed by atoms with Crippen LogP contribution in [0.25, 0.3) is 0 Å². The summed E-state index contributed by atoms with van der Waals surface area (Å²) in [6.07, 6.45) is -0.804. The van der Waals surface area contributed by atoms with E-state index < -0.39 is 18.4 Å². The fourth-order valence-electron chi connectivity index (χ4n) is 5.72. The standard InChI is InChI=1S/C35H43N3O6/c1-25(42-26(2)40)34(41)36-21-27-8-14-31(15-9-27)35-43-32(20-33(44-35)30-12-10-29(24-39)11-13-30)23-38-18-16-37(17-19-38)22-28-6-4-3-5-7-28/h3-15,25,32-33,35,39H,16-24H2,1-2H3,(H,36,41)/t25-,32-,33+,35+/m0/s1. The van der Waals surface area contributed by atoms with Gasteiger partial charge in [0.15, 0.2) is 12.4 Å². The van der Waals surface area contributed by atoms with Gasteiger partial charge >= 0.3 is 5.97 Å². The molecular weight excluding hydrogens is 558 g/mol. The van der Waals surface area contributed by atoms with Gasteiger partial charge in [-0.1, -0.05) is 78.9 Å². The molecule has 234 valence electrons. The first-order valence-electron chi connectivity index (χ1n) is 15.4. The van der Waals surface area contributed by atoms with E-state index in [1.165, 1.54) is 12.5 Å². The van der Waals surface area contributed by atoms with Gasteiger partial charge in [0.25, 0.3) is 5.91 Å². The lowest BCUT2D eigenvalue weighted by molar-refractivity contribution is -0.253. The fraction of sp³-hybridized carbons (Fsp3) is 0.429. The number of benzene rings is 3. The molecule has 2 heterocycles. The number of nitrogens with zero attached hydrogens (tertiary/aromatic N) is 2. The Kier molecular flexibility index (Phi) is 11.1. The summed E-state index contributed by atoms with van der Waals surface area (Å²) >= 11 is 0. The Morgan fingerprint density at radius 2 is 1.50 bits per heavy atom. The van der Waals surface area contributed by atoms with Crippen molar-refractivity contribution in [3.8, 4) is 0 Å². The van der Waals surface area contributed by atoms with Crippen LogP contribution in [-0.2, 0) is 43.5 Å². The van der Waals surface area contributed by atoms with E-state index in [1.807, 2.05) is 48.5 Å². The van der Waals surface area contributed by atoms with Gasteiger partial charge in [0.1, 0.15) is 0 Å². The van der Waals surface area contributed by atoms with Crippen molar-refractivity contribution in [2.75, 3.05) is 32.7 Å². The van der Waals surface area contributed by atoms with E-state index in [-0.39, 0.29) is 24.7 Å². The van der Waals surface area contributed by atoms with Crippen LogP contribution >= 0.6 is 0 Å². The molecule has 4 atom stereocenters. The average Bonchev–Trinajstić information content (AvgIpc) is 3.05. The third-order valence-corrected chi connectivity index (χ3v) is 8.22. The van der Waals surface area contributed by atoms with Crippen molar-refractivity contribution in [1.29, 1.82) is 0 Å². The lowest BCUT2D eigenvalue weighted by Crippen LogP contribution is -2.49. The van der Waals surface area contributed by atoms with Gasteiger partial charge < -0.3 is 24.6 Å². The quantitative estimate of drug-likeness (QED) is 0.317. The molecule has 2 aliphatic rings. The first kappa shape index (κ1) is 31.8. The van der Waals surface area contributed by atoms with E-state index in [1.54, 1.807) is 6.92 Å². The predicted octanol–water partition coefficient (Wildman–Crippen LogP) is 4.11. The van der Waals surface area contributed by atoms with Gasteiger partial charge in [0.2, 0.25) is 0 Å². The van der Waals surface area contributed by atoms with Gasteiger partial charge in [0, 0.05) is 64.7 Å². The van der Waals surface area contributed by atoms with Gasteiger partial charge in [-0.15, -0.1) is 0 Å². The molecule has 2 N–H and O–H groups in total. The zero-order valence-electron chi connectivity index (χ0n) is 25.6. The molecule has 0 aromatic heterocycles. The smallest absolute Gasteiger partial charge is 0.303 e. The lowest BCUT2D eigenvalue weighted by Gasteiger charge is -2.40. The number of carbonyl (C=O) groups excluding carboxylic acids is 2. The number of nitrogens with one attached hydrogen (secondary N) is 1. The van der Waals surface area contributed by atoms with E-state index >= 15 is 0 Å². The monoisotopic (exact) mass is 601 g/mol. The SMILES string of the molecule is CC(=O)O[C@@H](C)C(=O)NCc1ccc([C@@H]2O[C@H](CN3CCN(Cc4ccccc4)CC3)C[C@H](c3ccc(CO)cc3)O2)cc1. The maximum atomic E-state index is 12.2. The van der Waals surface area contributed by atoms with Crippen LogP contribution in [0, 0.1) is 0 Å². The first-order valence-corrected chi connectivity index (χ1v) is 15.4. The molecule has 9 nitrogen and oxygen atoms in total. The van der Waals surface area contributed by atoms with Crippen LogP contribution in [-0.4, -0.2) is 71.7 Å². The van der Waals surface area contributed by atoms with Gasteiger partial charge in [-0.2, -0.15) is 0 Å². The largest absolute Gasteiger partial charge is 0.453 e. The highest BCUT2D eigenvalue weighted by Gasteiger charge is 2.33. The van der Waals surface area contributed by atoms with Gasteiger partial charge in [0.05, 0.1) is 18.8 Å². The van der Waals surface area contributed by atoms with Crippen molar-refractivity contribution in [2.45, 2.75) is 64.6 Å². The van der Waals surface area contributed by atoms with Crippen molar-refractivity contribution in [2.24, 2.45) is 0 Å². The Morgan fingerprint density at radius 3 is 2.16 bits per heavy atom. The average molecular weight is 602 g/mol. The van der Waals surface area contributed by atoms with Crippen molar-refractivity contribution < 1.29 is 28.9 Å². The van der Waals surface area contributed by atoms with Crippen molar-refractivity contribution in [1.82, 2.24) is 15.1 Å². The summed E-state index contributed by atoms with van der Waals surface area (Å²) in [5.41, 5.74) is 5.09. The second kappa shape index (κ2) is 15.4. The summed E-state index contributed by atoms with van der Waals surface area (Å²) in [5, 5.41) is 12.3. The van der Waals surface area contributed by atoms with E-state index in [0.717, 1.165) is 67.9 Å². The molecule has 0 spiro atoms. The first-order chi connectivity index (χ1) is 21.4. The highest BCUT2D eigenvalue weighted by molar-refractivity contribution is 5.82. The summed E-state index contributed by atoms with van der Waals surface area (Å²) in [5.74, 6) is -0.835. The number of hydrogen-bond acceptors (Lipinski definition) is 8. The number of aliphatic hydroxyl groups is 1. The topological polar surface area (TPSA) is 101 Å². The Bertz CT molecular complexity index is 1340. The zero-order chi connectivity index (χ0) is 30.9. The second-order valence-electron chi connectivity index (χ2n) is 11.6. The Balaban J connectivity index is 1.21. The molecule has 9 heteroatoms. The second-order valence-corrected chi connectivity index (χ2v) is 11.6. The van der Waals surface area contributed by atoms with E-state index in [9.17, 15) is 14.7 Å². The summed E-state index contributed by atoms with van der Waals surface area (Å²) in [4.78, 5) is 28.4. The van der Waals surface area contributed by atoms with E-state index in [4.69, 9.17) is 14.2 Å². The number of amides is 1. The number of ether oxygens (including phenoxy) is 3. The minimum Gasteiger partial charge on any atom is -0.453 e. The van der Waals surface area contributed by atoms with Crippen molar-refractivity contribution in [3.63, 3.8) is 0 Å². The minimum absolute atomic E-state index is 0.00584. The molecule has 5 rings (SSSR count). The highest BCUT2D eigenvalue weighted by atomic mass is 16.7. The molecule has 2 fully saturated rings. The molecule has 2 saturated heterocycles. The van der Waals surface area contributed by atoms with Crippen LogP contribution in [0.2, 0.25) is 0 Å². The molecule has 3 aromatic carbocycles. The van der Waals surface area contributed by atoms with Crippen LogP contribution in [0.1, 0.15) is 60.5 Å². The van der Waals surface area contributed by atoms with Gasteiger partial charge in [-0.25, -0.2) is 0 Å². The molecule has 2 aliphatic heterocycles. The molecule has 0 bridgehead atoms. The number of piperazine rings is 1. The normalized spacial score (nSPS) is 21.8. The Labute approximate surface area is 259 Å². The molecule has 0 radical (unpaired) electrons. The Morgan fingerprint density at radius 1 is 0.864 bits per heavy atom. The van der Waals surface area contributed by atoms with E-state index in [0.29, 0.717) is 6.54 Å². The molecule has 0 aliphatic carbocycles. The predicted molar refractivity (Wildman–Crippen MR) is 166 cm³/mol. The van der Waals surface area contributed by atoms with Crippen molar-refractivity contribution in [3.05, 3.63) is 107 Å². The third-order valence-electron chi connectivity index (χ3n) is 8.22. The molecular formula is C35H43N3O6. The summed E-state index contributed by atoms with van der Waals surface area (Å²) in [6, 6.07) is 26.4. The summed E-state index contributed by atoms with van der Waals surface area (Å²) in [6.45, 7) is 8.97. The number of esters is 1. The lowest BCUT2D eigenvalue weighted by atomic mass is 9.99. The number of hydrogen-bond donors (Lipinski definition) is 2. The van der Waals surface area contributed by atoms with Gasteiger partial charge in [-0.05, 0) is 29.2 Å². The maximum absolute atomic E-state index is 12.2. The van der Waals surface area contributed by atoms with Gasteiger partial charge in [-0.3, -0.25) is 19.4 Å². The summed E-state index contributed by atoms with van der Waals surface area (Å²) < 4.78 is 18.0. The molecule has 0 unspecified atom stereocenters. The van der Waals surface area contributed by atoms with E-state index in [2.05, 4.69) is 45.4 Å². The number of carbonyl (C=O) groups is 2. The Hall–Kier alpha value is -3.60. The number of aliphatic hydroxyl groups excluding tert-OH is 1. The third kappa shape index (κ3) is 8.97. The van der Waals surface area contributed by atoms with Crippen molar-refractivity contribution >= 4 is 11.9 Å². The van der Waals surface area contributed by atoms with Crippen LogP contribution in [0.5, 0.6) is 0 Å². The molecule has 3 aromatic rings. The number of rotatable bonds is 11. The van der Waals surface area contributed by atoms with Crippen LogP contribution in [0.15, 0.2) is 78.9 Å². The fourth-order valence-corrected chi connectivity index (χ4v) is 5.72. The van der Waals surface area contributed by atoms with Crippen LogP contribution in [0.4, 0.5) is 0 Å². The molecule has 0 saturated carbocycles.